The number of fused-ring (bicyclic) bond motifs is 1. The van der Waals surface area contributed by atoms with Crippen LogP contribution in [-0.4, -0.2) is 99.9 Å². The van der Waals surface area contributed by atoms with Crippen molar-refractivity contribution < 1.29 is 33.0 Å². The number of nitrogens with one attached hydrogen (secondary N) is 1. The molecule has 0 aliphatic carbocycles. The Hall–Kier alpha value is -5.10. The van der Waals surface area contributed by atoms with Crippen LogP contribution in [0.1, 0.15) is 15.9 Å². The average Bonchev–Trinajstić information content (AvgIpc) is 3.47. The summed E-state index contributed by atoms with van der Waals surface area (Å²) in [7, 11) is 1.62. The second-order valence-corrected chi connectivity index (χ2v) is 11.2. The van der Waals surface area contributed by atoms with Gasteiger partial charge >= 0.3 is 5.97 Å². The van der Waals surface area contributed by atoms with Crippen molar-refractivity contribution >= 4 is 28.8 Å². The van der Waals surface area contributed by atoms with Crippen LogP contribution in [0.15, 0.2) is 72.9 Å². The van der Waals surface area contributed by atoms with Gasteiger partial charge in [-0.1, -0.05) is 18.2 Å². The van der Waals surface area contributed by atoms with Crippen LogP contribution in [-0.2, 0) is 16.1 Å². The zero-order chi connectivity index (χ0) is 31.7. The highest BCUT2D eigenvalue weighted by Gasteiger charge is 2.45. The molecular weight excluding hydrogens is 584 g/mol. The van der Waals surface area contributed by atoms with E-state index in [9.17, 15) is 28.3 Å². The lowest BCUT2D eigenvalue weighted by molar-refractivity contribution is -0.160. The minimum absolute atomic E-state index is 0.219. The number of carboxylic acid groups (broad SMARTS) is 1. The first-order chi connectivity index (χ1) is 21.6. The highest BCUT2D eigenvalue weighted by atomic mass is 19.3. The van der Waals surface area contributed by atoms with E-state index in [1.165, 1.54) is 0 Å². The third-order valence-corrected chi connectivity index (χ3v) is 8.14. The Morgan fingerprint density at radius 3 is 2.27 bits per heavy atom. The number of carbonyl (C=O) groups excluding carboxylic acids is 2. The van der Waals surface area contributed by atoms with Gasteiger partial charge in [0.25, 0.3) is 5.92 Å². The molecule has 2 fully saturated rings. The summed E-state index contributed by atoms with van der Waals surface area (Å²) in [6, 6.07) is 16.6. The minimum atomic E-state index is -2.84. The van der Waals surface area contributed by atoms with Gasteiger partial charge in [-0.05, 0) is 53.1 Å². The first-order valence-corrected chi connectivity index (χ1v) is 14.4. The molecule has 0 radical (unpaired) electrons. The number of benzene rings is 2. The van der Waals surface area contributed by atoms with Gasteiger partial charge in [0.1, 0.15) is 11.4 Å². The Labute approximate surface area is 257 Å². The SMILES string of the molecule is COc1ccc(CN2CCN(C(=O)/C=C/C(=O)N3CC(F)(F)C3)CC2)cc1-c1cc2c(-c3ccc(C(=O)O)cc3)ccnc2[nH]1. The molecule has 2 amide bonds. The summed E-state index contributed by atoms with van der Waals surface area (Å²) in [6.07, 6.45) is 3.94. The molecule has 4 heterocycles. The lowest BCUT2D eigenvalue weighted by Crippen LogP contribution is -2.58. The molecule has 2 aromatic heterocycles. The summed E-state index contributed by atoms with van der Waals surface area (Å²) in [4.78, 5) is 48.7. The predicted octanol–water partition coefficient (Wildman–Crippen LogP) is 4.28. The molecule has 0 atom stereocenters. The van der Waals surface area contributed by atoms with Crippen molar-refractivity contribution in [3.05, 3.63) is 84.1 Å². The highest BCUT2D eigenvalue weighted by molar-refractivity contribution is 5.98. The molecule has 0 spiro atoms. The van der Waals surface area contributed by atoms with Crippen molar-refractivity contribution in [3.8, 4) is 28.1 Å². The molecule has 6 rings (SSSR count). The van der Waals surface area contributed by atoms with Crippen LogP contribution < -0.4 is 4.74 Å². The van der Waals surface area contributed by atoms with Gasteiger partial charge in [-0.2, -0.15) is 0 Å². The van der Waals surface area contributed by atoms with Gasteiger partial charge < -0.3 is 24.6 Å². The Balaban J connectivity index is 1.13. The number of pyridine rings is 1. The number of alkyl halides is 2. The monoisotopic (exact) mass is 615 g/mol. The first kappa shape index (κ1) is 29.9. The number of ether oxygens (including phenoxy) is 1. The lowest BCUT2D eigenvalue weighted by atomic mass is 10.0. The van der Waals surface area contributed by atoms with Crippen molar-refractivity contribution in [1.29, 1.82) is 0 Å². The number of piperazine rings is 1. The normalized spacial score (nSPS) is 16.6. The van der Waals surface area contributed by atoms with Crippen LogP contribution in [0.2, 0.25) is 0 Å². The molecule has 2 saturated heterocycles. The van der Waals surface area contributed by atoms with Gasteiger partial charge in [0.2, 0.25) is 11.8 Å². The number of rotatable bonds is 8. The third-order valence-electron chi connectivity index (χ3n) is 8.14. The molecule has 2 aliphatic heterocycles. The number of halogens is 2. The van der Waals surface area contributed by atoms with E-state index in [4.69, 9.17) is 4.74 Å². The van der Waals surface area contributed by atoms with Crippen molar-refractivity contribution in [3.63, 3.8) is 0 Å². The van der Waals surface area contributed by atoms with Gasteiger partial charge in [-0.15, -0.1) is 0 Å². The molecule has 0 unspecified atom stereocenters. The highest BCUT2D eigenvalue weighted by Crippen LogP contribution is 2.36. The van der Waals surface area contributed by atoms with Crippen LogP contribution in [0, 0.1) is 0 Å². The van der Waals surface area contributed by atoms with E-state index < -0.39 is 30.9 Å². The molecular formula is C33H31F2N5O5. The van der Waals surface area contributed by atoms with Gasteiger partial charge in [0.15, 0.2) is 0 Å². The summed E-state index contributed by atoms with van der Waals surface area (Å²) >= 11 is 0. The van der Waals surface area contributed by atoms with Crippen molar-refractivity contribution in [2.24, 2.45) is 0 Å². The Morgan fingerprint density at radius 2 is 1.62 bits per heavy atom. The van der Waals surface area contributed by atoms with Crippen LogP contribution in [0.4, 0.5) is 8.78 Å². The zero-order valence-corrected chi connectivity index (χ0v) is 24.5. The van der Waals surface area contributed by atoms with Crippen LogP contribution in [0.3, 0.4) is 0 Å². The fourth-order valence-electron chi connectivity index (χ4n) is 5.69. The molecule has 2 aliphatic rings. The number of aromatic amines is 1. The van der Waals surface area contributed by atoms with Gasteiger partial charge in [-0.3, -0.25) is 14.5 Å². The molecule has 0 bridgehead atoms. The lowest BCUT2D eigenvalue weighted by Gasteiger charge is -2.38. The minimum Gasteiger partial charge on any atom is -0.496 e. The standard InChI is InChI=1S/C33H31F2N5O5/c1-45-28-7-2-21(18-38-12-14-39(15-13-38)29(41)8-9-30(42)40-19-33(34,35)20-40)16-26(28)27-17-25-24(10-11-36-31(25)37-27)22-3-5-23(6-4-22)32(43)44/h2-11,16-17H,12-15,18-20H2,1H3,(H,36,37)(H,43,44)/b9-8+. The fraction of sp³-hybridized carbons (Fsp3) is 0.273. The second kappa shape index (κ2) is 12.1. The van der Waals surface area contributed by atoms with E-state index in [2.05, 4.69) is 20.9 Å². The Morgan fingerprint density at radius 1 is 0.933 bits per heavy atom. The van der Waals surface area contributed by atoms with E-state index in [0.29, 0.717) is 44.1 Å². The maximum absolute atomic E-state index is 13.0. The molecule has 12 heteroatoms. The maximum atomic E-state index is 13.0. The number of carbonyl (C=O) groups is 3. The Kier molecular flexibility index (Phi) is 8.07. The summed E-state index contributed by atoms with van der Waals surface area (Å²) in [5, 5.41) is 10.1. The predicted molar refractivity (Wildman–Crippen MR) is 163 cm³/mol. The molecule has 232 valence electrons. The zero-order valence-electron chi connectivity index (χ0n) is 24.5. The number of amides is 2. The fourth-order valence-corrected chi connectivity index (χ4v) is 5.69. The Bertz CT molecular complexity index is 1790. The topological polar surface area (TPSA) is 119 Å². The average molecular weight is 616 g/mol. The molecule has 2 aromatic carbocycles. The van der Waals surface area contributed by atoms with Crippen LogP contribution >= 0.6 is 0 Å². The second-order valence-electron chi connectivity index (χ2n) is 11.2. The van der Waals surface area contributed by atoms with E-state index in [0.717, 1.165) is 50.4 Å². The number of methoxy groups -OCH3 is 1. The maximum Gasteiger partial charge on any atom is 0.335 e. The van der Waals surface area contributed by atoms with Crippen molar-refractivity contribution in [2.75, 3.05) is 46.4 Å². The molecule has 2 N–H and O–H groups in total. The number of carboxylic acids is 1. The van der Waals surface area contributed by atoms with Crippen LogP contribution in [0.5, 0.6) is 5.75 Å². The molecule has 45 heavy (non-hydrogen) atoms. The summed E-state index contributed by atoms with van der Waals surface area (Å²) in [5.74, 6) is -4.03. The number of hydrogen-bond acceptors (Lipinski definition) is 6. The third kappa shape index (κ3) is 6.41. The number of hydrogen-bond donors (Lipinski definition) is 2. The van der Waals surface area contributed by atoms with Gasteiger partial charge in [0.05, 0.1) is 31.5 Å². The quantitative estimate of drug-likeness (QED) is 0.284. The van der Waals surface area contributed by atoms with E-state index in [1.54, 1.807) is 42.5 Å². The summed E-state index contributed by atoms with van der Waals surface area (Å²) in [6.45, 7) is 1.65. The number of aromatic carboxylic acids is 1. The number of likely N-dealkylation sites (tertiary alicyclic amines) is 1. The van der Waals surface area contributed by atoms with E-state index >= 15 is 0 Å². The van der Waals surface area contributed by atoms with Crippen LogP contribution in [0.25, 0.3) is 33.4 Å². The number of H-pyrrole nitrogens is 1. The van der Waals surface area contributed by atoms with E-state index in [1.807, 2.05) is 24.3 Å². The molecule has 4 aromatic rings. The van der Waals surface area contributed by atoms with Crippen molar-refractivity contribution in [2.45, 2.75) is 12.5 Å². The van der Waals surface area contributed by atoms with Gasteiger partial charge in [0, 0.05) is 62.0 Å². The first-order valence-electron chi connectivity index (χ1n) is 14.4. The van der Waals surface area contributed by atoms with Crippen molar-refractivity contribution in [1.82, 2.24) is 24.7 Å². The summed E-state index contributed by atoms with van der Waals surface area (Å²) < 4.78 is 31.7. The smallest absolute Gasteiger partial charge is 0.335 e. The van der Waals surface area contributed by atoms with E-state index in [-0.39, 0.29) is 11.5 Å². The van der Waals surface area contributed by atoms with Gasteiger partial charge in [-0.25, -0.2) is 18.6 Å². The largest absolute Gasteiger partial charge is 0.496 e. The molecule has 10 nitrogen and oxygen atoms in total. The number of nitrogens with zero attached hydrogens (tertiary/aromatic N) is 4. The number of aromatic nitrogens is 2. The summed E-state index contributed by atoms with van der Waals surface area (Å²) in [5.41, 5.74) is 5.45. The molecule has 0 saturated carbocycles.